The summed E-state index contributed by atoms with van der Waals surface area (Å²) < 4.78 is 0. The summed E-state index contributed by atoms with van der Waals surface area (Å²) in [5.74, 6) is 1.13. The van der Waals surface area contributed by atoms with Gasteiger partial charge >= 0.3 is 0 Å². The molecule has 0 aromatic carbocycles. The van der Waals surface area contributed by atoms with E-state index in [1.165, 1.54) is 12.3 Å². The van der Waals surface area contributed by atoms with Crippen molar-refractivity contribution in [1.29, 1.82) is 0 Å². The van der Waals surface area contributed by atoms with Crippen LogP contribution < -0.4 is 5.32 Å². The van der Waals surface area contributed by atoms with Crippen LogP contribution in [0.3, 0.4) is 0 Å². The molecule has 2 rings (SSSR count). The molecule has 20 heavy (non-hydrogen) atoms. The van der Waals surface area contributed by atoms with Gasteiger partial charge in [0.15, 0.2) is 0 Å². The summed E-state index contributed by atoms with van der Waals surface area (Å²) in [5, 5.41) is 23.9. The molecule has 0 bridgehead atoms. The molecule has 1 aliphatic carbocycles. The molecular formula is C14H21N3O3. The van der Waals surface area contributed by atoms with Crippen molar-refractivity contribution in [2.75, 3.05) is 11.9 Å². The fraction of sp³-hybridized carbons (Fsp3) is 0.643. The van der Waals surface area contributed by atoms with E-state index in [4.69, 9.17) is 0 Å². The highest BCUT2D eigenvalue weighted by Gasteiger charge is 2.34. The van der Waals surface area contributed by atoms with Crippen molar-refractivity contribution < 1.29 is 10.0 Å². The van der Waals surface area contributed by atoms with Crippen LogP contribution in [0.1, 0.15) is 38.2 Å². The third-order valence-electron chi connectivity index (χ3n) is 4.20. The molecular weight excluding hydrogens is 258 g/mol. The Labute approximate surface area is 118 Å². The monoisotopic (exact) mass is 279 g/mol. The molecule has 0 atom stereocenters. The molecule has 0 aliphatic heterocycles. The van der Waals surface area contributed by atoms with E-state index in [9.17, 15) is 15.2 Å². The van der Waals surface area contributed by atoms with Gasteiger partial charge in [0.05, 0.1) is 23.1 Å². The third-order valence-corrected chi connectivity index (χ3v) is 4.20. The van der Waals surface area contributed by atoms with E-state index >= 15 is 0 Å². The third kappa shape index (κ3) is 3.07. The second-order valence-electron chi connectivity index (χ2n) is 5.86. The minimum absolute atomic E-state index is 0.0169. The minimum atomic E-state index is -0.406. The van der Waals surface area contributed by atoms with E-state index in [0.717, 1.165) is 25.7 Å². The number of nitrogens with zero attached hydrogens (tertiary/aromatic N) is 2. The quantitative estimate of drug-likeness (QED) is 0.653. The first-order valence-electron chi connectivity index (χ1n) is 6.96. The maximum absolute atomic E-state index is 11.0. The van der Waals surface area contributed by atoms with Crippen molar-refractivity contribution in [2.45, 2.75) is 45.1 Å². The van der Waals surface area contributed by atoms with E-state index in [-0.39, 0.29) is 12.3 Å². The number of nitrogens with one attached hydrogen (secondary N) is 1. The Morgan fingerprint density at radius 2 is 2.20 bits per heavy atom. The van der Waals surface area contributed by atoms with Gasteiger partial charge in [0.25, 0.3) is 5.69 Å². The zero-order valence-corrected chi connectivity index (χ0v) is 11.9. The van der Waals surface area contributed by atoms with E-state index in [0.29, 0.717) is 17.3 Å². The molecule has 1 fully saturated rings. The molecule has 1 aromatic heterocycles. The first-order chi connectivity index (χ1) is 9.46. The Morgan fingerprint density at radius 3 is 2.75 bits per heavy atom. The van der Waals surface area contributed by atoms with Gasteiger partial charge in [0.1, 0.15) is 5.82 Å². The minimum Gasteiger partial charge on any atom is -0.394 e. The summed E-state index contributed by atoms with van der Waals surface area (Å²) in [7, 11) is 0. The normalized spacial score (nSPS) is 26.2. The Hall–Kier alpha value is -1.69. The van der Waals surface area contributed by atoms with E-state index in [1.807, 2.05) is 0 Å². The van der Waals surface area contributed by atoms with Gasteiger partial charge < -0.3 is 10.4 Å². The van der Waals surface area contributed by atoms with Gasteiger partial charge in [0.2, 0.25) is 0 Å². The van der Waals surface area contributed by atoms with Crippen LogP contribution in [-0.2, 0) is 0 Å². The standard InChI is InChI=1S/C14H21N3O3/c1-10-3-5-14(9-18,6-4-10)16-13-7-12(17(19)20)11(2)8-15-13/h7-8,10,18H,3-6,9H2,1-2H3,(H,15,16). The lowest BCUT2D eigenvalue weighted by molar-refractivity contribution is -0.385. The van der Waals surface area contributed by atoms with Crippen LogP contribution in [0, 0.1) is 23.0 Å². The second-order valence-corrected chi connectivity index (χ2v) is 5.86. The van der Waals surface area contributed by atoms with Gasteiger partial charge in [-0.15, -0.1) is 0 Å². The van der Waals surface area contributed by atoms with Crippen LogP contribution in [0.25, 0.3) is 0 Å². The zero-order valence-electron chi connectivity index (χ0n) is 11.9. The molecule has 2 N–H and O–H groups in total. The summed E-state index contributed by atoms with van der Waals surface area (Å²) in [6.45, 7) is 3.89. The number of aliphatic hydroxyl groups excluding tert-OH is 1. The fourth-order valence-electron chi connectivity index (χ4n) is 2.69. The lowest BCUT2D eigenvalue weighted by atomic mass is 9.77. The highest BCUT2D eigenvalue weighted by Crippen LogP contribution is 2.34. The number of rotatable bonds is 4. The number of pyridine rings is 1. The summed E-state index contributed by atoms with van der Waals surface area (Å²) in [6, 6.07) is 1.45. The number of aliphatic hydroxyl groups is 1. The highest BCUT2D eigenvalue weighted by atomic mass is 16.6. The van der Waals surface area contributed by atoms with Gasteiger partial charge in [-0.2, -0.15) is 0 Å². The molecule has 6 heteroatoms. The average Bonchev–Trinajstić information content (AvgIpc) is 2.43. The van der Waals surface area contributed by atoms with Crippen LogP contribution in [0.4, 0.5) is 11.5 Å². The number of aryl methyl sites for hydroxylation is 1. The second kappa shape index (κ2) is 5.75. The number of aromatic nitrogens is 1. The molecule has 0 saturated heterocycles. The maximum Gasteiger partial charge on any atom is 0.277 e. The smallest absolute Gasteiger partial charge is 0.277 e. The zero-order chi connectivity index (χ0) is 14.8. The summed E-state index contributed by atoms with van der Waals surface area (Å²) in [6.07, 6.45) is 5.29. The van der Waals surface area contributed by atoms with E-state index in [2.05, 4.69) is 17.2 Å². The van der Waals surface area contributed by atoms with Crippen molar-refractivity contribution >= 4 is 11.5 Å². The van der Waals surface area contributed by atoms with Crippen LogP contribution in [-0.4, -0.2) is 27.2 Å². The van der Waals surface area contributed by atoms with Crippen LogP contribution in [0.5, 0.6) is 0 Å². The molecule has 6 nitrogen and oxygen atoms in total. The van der Waals surface area contributed by atoms with E-state index < -0.39 is 10.5 Å². The summed E-state index contributed by atoms with van der Waals surface area (Å²) in [4.78, 5) is 14.8. The van der Waals surface area contributed by atoms with Crippen LogP contribution in [0.2, 0.25) is 0 Å². The number of hydrogen-bond donors (Lipinski definition) is 2. The summed E-state index contributed by atoms with van der Waals surface area (Å²) in [5.41, 5.74) is 0.193. The molecule has 1 heterocycles. The van der Waals surface area contributed by atoms with Gasteiger partial charge in [-0.3, -0.25) is 10.1 Å². The predicted molar refractivity (Wildman–Crippen MR) is 76.7 cm³/mol. The van der Waals surface area contributed by atoms with Gasteiger partial charge in [0, 0.05) is 11.8 Å². The first kappa shape index (κ1) is 14.7. The molecule has 1 aromatic rings. The summed E-state index contributed by atoms with van der Waals surface area (Å²) >= 11 is 0. The Balaban J connectivity index is 2.20. The first-order valence-corrected chi connectivity index (χ1v) is 6.96. The molecule has 0 radical (unpaired) electrons. The molecule has 0 spiro atoms. The van der Waals surface area contributed by atoms with Crippen molar-refractivity contribution in [1.82, 2.24) is 4.98 Å². The van der Waals surface area contributed by atoms with Crippen LogP contribution >= 0.6 is 0 Å². The Bertz CT molecular complexity index is 496. The van der Waals surface area contributed by atoms with Crippen molar-refractivity contribution in [3.8, 4) is 0 Å². The fourth-order valence-corrected chi connectivity index (χ4v) is 2.69. The molecule has 1 aliphatic rings. The lowest BCUT2D eigenvalue weighted by Crippen LogP contribution is -2.45. The molecule has 0 amide bonds. The molecule has 0 unspecified atom stereocenters. The molecule has 110 valence electrons. The van der Waals surface area contributed by atoms with Gasteiger partial charge in [-0.1, -0.05) is 6.92 Å². The van der Waals surface area contributed by atoms with Crippen molar-refractivity contribution in [3.05, 3.63) is 27.9 Å². The number of anilines is 1. The van der Waals surface area contributed by atoms with Gasteiger partial charge in [-0.25, -0.2) is 4.98 Å². The maximum atomic E-state index is 11.0. The van der Waals surface area contributed by atoms with Gasteiger partial charge in [-0.05, 0) is 38.5 Å². The highest BCUT2D eigenvalue weighted by molar-refractivity contribution is 5.50. The SMILES string of the molecule is Cc1cnc(NC2(CO)CCC(C)CC2)cc1[N+](=O)[O-]. The molecule has 1 saturated carbocycles. The lowest BCUT2D eigenvalue weighted by Gasteiger charge is -2.39. The topological polar surface area (TPSA) is 88.3 Å². The Morgan fingerprint density at radius 1 is 1.55 bits per heavy atom. The average molecular weight is 279 g/mol. The largest absolute Gasteiger partial charge is 0.394 e. The van der Waals surface area contributed by atoms with Crippen molar-refractivity contribution in [2.24, 2.45) is 5.92 Å². The Kier molecular flexibility index (Phi) is 4.23. The predicted octanol–water partition coefficient (Wildman–Crippen LogP) is 2.65. The number of nitro groups is 1. The van der Waals surface area contributed by atoms with E-state index in [1.54, 1.807) is 6.92 Å². The van der Waals surface area contributed by atoms with Crippen LogP contribution in [0.15, 0.2) is 12.3 Å². The number of hydrogen-bond acceptors (Lipinski definition) is 5. The van der Waals surface area contributed by atoms with Crippen molar-refractivity contribution in [3.63, 3.8) is 0 Å².